The third-order valence-electron chi connectivity index (χ3n) is 2.11. The molecule has 0 spiro atoms. The monoisotopic (exact) mass is 214 g/mol. The van der Waals surface area contributed by atoms with Gasteiger partial charge in [-0.2, -0.15) is 0 Å². The van der Waals surface area contributed by atoms with Crippen LogP contribution in [0.25, 0.3) is 0 Å². The van der Waals surface area contributed by atoms with Crippen molar-refractivity contribution in [3.05, 3.63) is 12.2 Å². The van der Waals surface area contributed by atoms with E-state index in [9.17, 15) is 9.90 Å². The van der Waals surface area contributed by atoms with E-state index in [4.69, 9.17) is 0 Å². The van der Waals surface area contributed by atoms with Crippen LogP contribution < -0.4 is 0 Å². The molecule has 0 aliphatic heterocycles. The summed E-state index contributed by atoms with van der Waals surface area (Å²) in [4.78, 5) is 11.8. The van der Waals surface area contributed by atoms with Crippen LogP contribution in [0.4, 0.5) is 0 Å². The largest absolute Gasteiger partial charge is 0.392 e. The number of nitrogens with zero attached hydrogens (tertiary/aromatic N) is 2. The lowest BCUT2D eigenvalue weighted by atomic mass is 10.3. The van der Waals surface area contributed by atoms with Crippen molar-refractivity contribution in [3.8, 4) is 0 Å². The Morgan fingerprint density at radius 3 is 2.13 bits per heavy atom. The van der Waals surface area contributed by atoms with E-state index in [2.05, 4.69) is 6.58 Å². The minimum atomic E-state index is -0.533. The molecule has 0 saturated carbocycles. The van der Waals surface area contributed by atoms with E-state index in [1.165, 1.54) is 0 Å². The topological polar surface area (TPSA) is 43.8 Å². The molecule has 0 fully saturated rings. The first kappa shape index (κ1) is 14.1. The molecule has 1 N–H and O–H groups in total. The van der Waals surface area contributed by atoms with E-state index in [0.717, 1.165) is 13.1 Å². The van der Waals surface area contributed by atoms with E-state index in [0.29, 0.717) is 12.1 Å². The van der Waals surface area contributed by atoms with Crippen molar-refractivity contribution in [1.82, 2.24) is 10.0 Å². The summed E-state index contributed by atoms with van der Waals surface area (Å²) in [6.07, 6.45) is -0.533. The minimum Gasteiger partial charge on any atom is -0.392 e. The maximum Gasteiger partial charge on any atom is 0.263 e. The van der Waals surface area contributed by atoms with Crippen LogP contribution >= 0.6 is 0 Å². The summed E-state index contributed by atoms with van der Waals surface area (Å²) in [5.74, 6) is -0.125. The third-order valence-corrected chi connectivity index (χ3v) is 2.11. The van der Waals surface area contributed by atoms with Gasteiger partial charge in [0.05, 0.1) is 12.6 Å². The highest BCUT2D eigenvalue weighted by atomic mass is 16.3. The number of aliphatic hydroxyl groups excluding tert-OH is 1. The molecular formula is C11H22N2O2. The van der Waals surface area contributed by atoms with Gasteiger partial charge >= 0.3 is 0 Å². The van der Waals surface area contributed by atoms with Crippen molar-refractivity contribution >= 4 is 5.91 Å². The normalized spacial score (nSPS) is 12.7. The Labute approximate surface area is 92.1 Å². The summed E-state index contributed by atoms with van der Waals surface area (Å²) in [5, 5.41) is 12.8. The molecule has 1 amide bonds. The fourth-order valence-electron chi connectivity index (χ4n) is 1.36. The Hall–Kier alpha value is -0.870. The molecule has 0 bridgehead atoms. The van der Waals surface area contributed by atoms with E-state index in [1.54, 1.807) is 18.9 Å². The van der Waals surface area contributed by atoms with Gasteiger partial charge in [0, 0.05) is 18.7 Å². The smallest absolute Gasteiger partial charge is 0.263 e. The third kappa shape index (κ3) is 4.44. The van der Waals surface area contributed by atoms with Crippen molar-refractivity contribution in [2.45, 2.75) is 33.8 Å². The first-order valence-corrected chi connectivity index (χ1v) is 5.34. The number of aliphatic hydroxyl groups is 1. The van der Waals surface area contributed by atoms with Crippen LogP contribution in [0.5, 0.6) is 0 Å². The lowest BCUT2D eigenvalue weighted by Crippen LogP contribution is -2.49. The zero-order chi connectivity index (χ0) is 12.0. The molecule has 0 aromatic rings. The summed E-state index contributed by atoms with van der Waals surface area (Å²) in [6.45, 7) is 12.7. The molecule has 0 saturated heterocycles. The van der Waals surface area contributed by atoms with Gasteiger partial charge in [0.2, 0.25) is 0 Å². The Morgan fingerprint density at radius 1 is 1.40 bits per heavy atom. The van der Waals surface area contributed by atoms with Crippen molar-refractivity contribution < 1.29 is 9.90 Å². The number of hydrogen-bond donors (Lipinski definition) is 1. The molecule has 0 aliphatic rings. The van der Waals surface area contributed by atoms with Crippen LogP contribution in [0.2, 0.25) is 0 Å². The van der Waals surface area contributed by atoms with Gasteiger partial charge in [-0.3, -0.25) is 9.80 Å². The van der Waals surface area contributed by atoms with Crippen LogP contribution in [-0.2, 0) is 4.79 Å². The van der Waals surface area contributed by atoms with Gasteiger partial charge in [0.1, 0.15) is 0 Å². The molecule has 1 unspecified atom stereocenters. The average Bonchev–Trinajstić information content (AvgIpc) is 2.16. The Morgan fingerprint density at radius 2 is 1.87 bits per heavy atom. The van der Waals surface area contributed by atoms with Gasteiger partial charge < -0.3 is 5.11 Å². The van der Waals surface area contributed by atoms with Gasteiger partial charge in [0.15, 0.2) is 0 Å². The standard InChI is InChI=1S/C11H22N2O2/c1-6-12(7-2)13(8-10(5)14)11(15)9(3)4/h10,14H,3,6-8H2,1-2,4-5H3. The SMILES string of the molecule is C=C(C)C(=O)N(CC(C)O)N(CC)CC. The highest BCUT2D eigenvalue weighted by Gasteiger charge is 2.20. The fraction of sp³-hybridized carbons (Fsp3) is 0.727. The molecule has 15 heavy (non-hydrogen) atoms. The molecular weight excluding hydrogens is 192 g/mol. The van der Waals surface area contributed by atoms with Crippen molar-refractivity contribution in [2.75, 3.05) is 19.6 Å². The van der Waals surface area contributed by atoms with Gasteiger partial charge in [-0.15, -0.1) is 0 Å². The average molecular weight is 214 g/mol. The van der Waals surface area contributed by atoms with Crippen molar-refractivity contribution in [1.29, 1.82) is 0 Å². The van der Waals surface area contributed by atoms with Gasteiger partial charge in [-0.25, -0.2) is 5.01 Å². The Bertz CT molecular complexity index is 223. The first-order valence-electron chi connectivity index (χ1n) is 5.34. The Balaban J connectivity index is 4.70. The van der Waals surface area contributed by atoms with E-state index < -0.39 is 6.10 Å². The predicted octanol–water partition coefficient (Wildman–Crippen LogP) is 1.03. The van der Waals surface area contributed by atoms with Crippen LogP contribution in [0.1, 0.15) is 27.7 Å². The van der Waals surface area contributed by atoms with Crippen molar-refractivity contribution in [3.63, 3.8) is 0 Å². The first-order chi connectivity index (χ1) is 6.93. The molecule has 0 rings (SSSR count). The lowest BCUT2D eigenvalue weighted by Gasteiger charge is -2.34. The molecule has 0 aromatic carbocycles. The minimum absolute atomic E-state index is 0.125. The van der Waals surface area contributed by atoms with Gasteiger partial charge in [-0.1, -0.05) is 20.4 Å². The molecule has 0 heterocycles. The Kier molecular flexibility index (Phi) is 6.20. The molecule has 0 aliphatic carbocycles. The maximum absolute atomic E-state index is 11.8. The summed E-state index contributed by atoms with van der Waals surface area (Å²) in [5.41, 5.74) is 0.488. The molecule has 4 heteroatoms. The number of hydrazine groups is 1. The number of rotatable bonds is 6. The van der Waals surface area contributed by atoms with E-state index in [1.807, 2.05) is 18.9 Å². The fourth-order valence-corrected chi connectivity index (χ4v) is 1.36. The quantitative estimate of drug-likeness (QED) is 0.530. The molecule has 4 nitrogen and oxygen atoms in total. The van der Waals surface area contributed by atoms with E-state index in [-0.39, 0.29) is 5.91 Å². The summed E-state index contributed by atoms with van der Waals surface area (Å²) < 4.78 is 0. The van der Waals surface area contributed by atoms with Crippen LogP contribution in [-0.4, -0.2) is 46.8 Å². The van der Waals surface area contributed by atoms with Crippen molar-refractivity contribution in [2.24, 2.45) is 0 Å². The van der Waals surface area contributed by atoms with Crippen LogP contribution in [0.3, 0.4) is 0 Å². The highest BCUT2D eigenvalue weighted by molar-refractivity contribution is 5.91. The van der Waals surface area contributed by atoms with Gasteiger partial charge in [0.25, 0.3) is 5.91 Å². The molecule has 0 aromatic heterocycles. The molecule has 88 valence electrons. The second-order valence-electron chi connectivity index (χ2n) is 3.66. The highest BCUT2D eigenvalue weighted by Crippen LogP contribution is 2.05. The molecule has 1 atom stereocenters. The summed E-state index contributed by atoms with van der Waals surface area (Å²) in [7, 11) is 0. The van der Waals surface area contributed by atoms with Gasteiger partial charge in [-0.05, 0) is 13.8 Å². The van der Waals surface area contributed by atoms with Crippen LogP contribution in [0.15, 0.2) is 12.2 Å². The summed E-state index contributed by atoms with van der Waals surface area (Å²) >= 11 is 0. The summed E-state index contributed by atoms with van der Waals surface area (Å²) in [6, 6.07) is 0. The predicted molar refractivity (Wildman–Crippen MR) is 61.1 cm³/mol. The molecule has 0 radical (unpaired) electrons. The zero-order valence-electron chi connectivity index (χ0n) is 10.2. The van der Waals surface area contributed by atoms with Crippen LogP contribution in [0, 0.1) is 0 Å². The lowest BCUT2D eigenvalue weighted by molar-refractivity contribution is -0.147. The number of carbonyl (C=O) groups excluding carboxylic acids is 1. The van der Waals surface area contributed by atoms with E-state index >= 15 is 0 Å². The second kappa shape index (κ2) is 6.58. The number of carbonyl (C=O) groups is 1. The second-order valence-corrected chi connectivity index (χ2v) is 3.66. The number of amides is 1. The maximum atomic E-state index is 11.8. The number of hydrogen-bond acceptors (Lipinski definition) is 3. The zero-order valence-corrected chi connectivity index (χ0v) is 10.2.